The largest absolute Gasteiger partial charge is 0.354 e. The summed E-state index contributed by atoms with van der Waals surface area (Å²) >= 11 is 6.19. The van der Waals surface area contributed by atoms with Crippen LogP contribution in [0.4, 0.5) is 5.82 Å². The molecule has 3 aromatic rings. The minimum Gasteiger partial charge on any atom is -0.354 e. The summed E-state index contributed by atoms with van der Waals surface area (Å²) in [6, 6.07) is 7.60. The molecular weight excluding hydrogens is 412 g/mol. The third kappa shape index (κ3) is 3.99. The van der Waals surface area contributed by atoms with Gasteiger partial charge < -0.3 is 9.80 Å². The van der Waals surface area contributed by atoms with Crippen LogP contribution in [-0.2, 0) is 4.79 Å². The molecule has 1 aromatic carbocycles. The molecule has 0 bridgehead atoms. The molecule has 3 heterocycles. The van der Waals surface area contributed by atoms with Gasteiger partial charge in [-0.1, -0.05) is 30.5 Å². The van der Waals surface area contributed by atoms with Crippen molar-refractivity contribution in [1.82, 2.24) is 24.6 Å². The van der Waals surface area contributed by atoms with Gasteiger partial charge in [0.2, 0.25) is 5.91 Å². The highest BCUT2D eigenvalue weighted by Crippen LogP contribution is 2.29. The lowest BCUT2D eigenvalue weighted by atomic mass is 10.1. The van der Waals surface area contributed by atoms with Crippen LogP contribution in [0.3, 0.4) is 0 Å². The summed E-state index contributed by atoms with van der Waals surface area (Å²) in [4.78, 5) is 26.7. The summed E-state index contributed by atoms with van der Waals surface area (Å²) < 4.78 is 1.81. The second kappa shape index (κ2) is 8.46. The van der Waals surface area contributed by atoms with E-state index in [9.17, 15) is 4.79 Å². The predicted molar refractivity (Wildman–Crippen MR) is 122 cm³/mol. The number of carbonyl (C=O) groups excluding carboxylic acids is 1. The lowest BCUT2D eigenvalue weighted by molar-refractivity contribution is -0.135. The molecule has 1 aliphatic carbocycles. The molecule has 2 aromatic heterocycles. The summed E-state index contributed by atoms with van der Waals surface area (Å²) in [5.41, 5.74) is 1.64. The lowest BCUT2D eigenvalue weighted by Gasteiger charge is -2.25. The van der Waals surface area contributed by atoms with Gasteiger partial charge in [-0.2, -0.15) is 5.10 Å². The molecule has 0 atom stereocenters. The number of aromatic nitrogens is 4. The average Bonchev–Trinajstić information content (AvgIpc) is 3.38. The molecule has 0 N–H and O–H groups in total. The van der Waals surface area contributed by atoms with Crippen LogP contribution in [0.5, 0.6) is 0 Å². The van der Waals surface area contributed by atoms with Crippen molar-refractivity contribution in [3.8, 4) is 5.69 Å². The topological polar surface area (TPSA) is 67.2 Å². The molecule has 2 fully saturated rings. The van der Waals surface area contributed by atoms with Crippen molar-refractivity contribution in [3.63, 3.8) is 0 Å². The first-order chi connectivity index (χ1) is 15.1. The number of nitrogens with zero attached hydrogens (tertiary/aromatic N) is 6. The zero-order valence-corrected chi connectivity index (χ0v) is 18.6. The van der Waals surface area contributed by atoms with E-state index < -0.39 is 0 Å². The van der Waals surface area contributed by atoms with Crippen LogP contribution in [0.2, 0.25) is 5.02 Å². The molecule has 0 radical (unpaired) electrons. The Bertz CT molecular complexity index is 1110. The van der Waals surface area contributed by atoms with Crippen molar-refractivity contribution in [3.05, 3.63) is 41.3 Å². The Morgan fingerprint density at radius 3 is 2.71 bits per heavy atom. The average molecular weight is 439 g/mol. The number of halogens is 1. The monoisotopic (exact) mass is 438 g/mol. The van der Waals surface area contributed by atoms with Crippen molar-refractivity contribution in [2.45, 2.75) is 39.0 Å². The van der Waals surface area contributed by atoms with Gasteiger partial charge in [0.05, 0.1) is 17.3 Å². The molecule has 162 valence electrons. The number of carbonyl (C=O) groups is 1. The molecule has 1 saturated carbocycles. The molecule has 1 amide bonds. The first-order valence-electron chi connectivity index (χ1n) is 11.1. The highest BCUT2D eigenvalue weighted by atomic mass is 35.5. The van der Waals surface area contributed by atoms with Gasteiger partial charge in [-0.3, -0.25) is 4.79 Å². The van der Waals surface area contributed by atoms with Crippen LogP contribution in [0.15, 0.2) is 30.5 Å². The Kier molecular flexibility index (Phi) is 5.52. The molecule has 0 unspecified atom stereocenters. The lowest BCUT2D eigenvalue weighted by Crippen LogP contribution is -2.38. The fourth-order valence-corrected chi connectivity index (χ4v) is 5.00. The molecule has 1 aliphatic heterocycles. The minimum absolute atomic E-state index is 0.232. The van der Waals surface area contributed by atoms with Gasteiger partial charge in [-0.15, -0.1) is 0 Å². The minimum atomic E-state index is 0.232. The Balaban J connectivity index is 1.43. The van der Waals surface area contributed by atoms with Crippen molar-refractivity contribution < 1.29 is 4.79 Å². The molecule has 7 nitrogen and oxygen atoms in total. The van der Waals surface area contributed by atoms with E-state index in [4.69, 9.17) is 16.6 Å². The zero-order valence-electron chi connectivity index (χ0n) is 17.8. The van der Waals surface area contributed by atoms with E-state index >= 15 is 0 Å². The maximum Gasteiger partial charge on any atom is 0.225 e. The highest BCUT2D eigenvalue weighted by molar-refractivity contribution is 6.30. The summed E-state index contributed by atoms with van der Waals surface area (Å²) in [7, 11) is 0. The molecular formula is C23H27ClN6O. The van der Waals surface area contributed by atoms with E-state index in [-0.39, 0.29) is 5.92 Å². The van der Waals surface area contributed by atoms with Crippen LogP contribution in [-0.4, -0.2) is 56.7 Å². The number of benzene rings is 1. The highest BCUT2D eigenvalue weighted by Gasteiger charge is 2.29. The van der Waals surface area contributed by atoms with Crippen molar-refractivity contribution in [2.24, 2.45) is 5.92 Å². The molecule has 0 spiro atoms. The first kappa shape index (κ1) is 20.2. The number of rotatable bonds is 3. The quantitative estimate of drug-likeness (QED) is 0.618. The van der Waals surface area contributed by atoms with Crippen LogP contribution in [0.1, 0.15) is 37.9 Å². The predicted octanol–water partition coefficient (Wildman–Crippen LogP) is 4.01. The zero-order chi connectivity index (χ0) is 21.4. The van der Waals surface area contributed by atoms with E-state index in [1.165, 1.54) is 12.8 Å². The van der Waals surface area contributed by atoms with Gasteiger partial charge in [-0.25, -0.2) is 14.6 Å². The van der Waals surface area contributed by atoms with Crippen LogP contribution < -0.4 is 4.90 Å². The van der Waals surface area contributed by atoms with Gasteiger partial charge in [-0.05, 0) is 44.4 Å². The summed E-state index contributed by atoms with van der Waals surface area (Å²) in [6.07, 6.45) is 7.24. The maximum absolute atomic E-state index is 12.9. The van der Waals surface area contributed by atoms with E-state index in [1.807, 2.05) is 42.1 Å². The Hall–Kier alpha value is -2.67. The van der Waals surface area contributed by atoms with Gasteiger partial charge in [0.1, 0.15) is 11.6 Å². The third-order valence-electron chi connectivity index (χ3n) is 6.38. The first-order valence-corrected chi connectivity index (χ1v) is 11.5. The number of anilines is 1. The molecule has 2 aliphatic rings. The molecule has 1 saturated heterocycles. The molecule has 31 heavy (non-hydrogen) atoms. The summed E-state index contributed by atoms with van der Waals surface area (Å²) in [5, 5.41) is 6.16. The van der Waals surface area contributed by atoms with Crippen molar-refractivity contribution >= 4 is 34.4 Å². The second-order valence-corrected chi connectivity index (χ2v) is 8.95. The summed E-state index contributed by atoms with van der Waals surface area (Å²) in [6.45, 7) is 5.10. The fraction of sp³-hybridized carbons (Fsp3) is 0.478. The van der Waals surface area contributed by atoms with E-state index in [0.717, 1.165) is 68.0 Å². The number of amides is 1. The number of aryl methyl sites for hydroxylation is 1. The summed E-state index contributed by atoms with van der Waals surface area (Å²) in [5.74, 6) is 2.17. The van der Waals surface area contributed by atoms with Gasteiger partial charge in [0.25, 0.3) is 0 Å². The van der Waals surface area contributed by atoms with E-state index in [1.54, 1.807) is 0 Å². The number of hydrogen-bond donors (Lipinski definition) is 0. The van der Waals surface area contributed by atoms with Crippen LogP contribution in [0.25, 0.3) is 16.7 Å². The normalized spacial score (nSPS) is 18.0. The molecule has 5 rings (SSSR count). The van der Waals surface area contributed by atoms with Gasteiger partial charge >= 0.3 is 0 Å². The van der Waals surface area contributed by atoms with Crippen molar-refractivity contribution in [1.29, 1.82) is 0 Å². The Morgan fingerprint density at radius 1 is 1.06 bits per heavy atom. The standard InChI is InChI=1S/C23H27ClN6O/c1-16-26-21(20-15-25-30(22(20)27-16)19-9-4-8-18(24)14-19)28-10-5-11-29(13-12-28)23(31)17-6-2-3-7-17/h4,8-9,14-15,17H,2-3,5-7,10-13H2,1H3. The second-order valence-electron chi connectivity index (χ2n) is 8.52. The Labute approximate surface area is 187 Å². The van der Waals surface area contributed by atoms with Gasteiger partial charge in [0.15, 0.2) is 5.65 Å². The van der Waals surface area contributed by atoms with E-state index in [2.05, 4.69) is 19.9 Å². The third-order valence-corrected chi connectivity index (χ3v) is 6.62. The smallest absolute Gasteiger partial charge is 0.225 e. The van der Waals surface area contributed by atoms with Crippen LogP contribution >= 0.6 is 11.6 Å². The maximum atomic E-state index is 12.9. The van der Waals surface area contributed by atoms with Crippen LogP contribution in [0, 0.1) is 12.8 Å². The SMILES string of the molecule is Cc1nc(N2CCCN(C(=O)C3CCCC3)CC2)c2cnn(-c3cccc(Cl)c3)c2n1. The number of hydrogen-bond acceptors (Lipinski definition) is 5. The molecule has 8 heteroatoms. The van der Waals surface area contributed by atoms with Gasteiger partial charge in [0, 0.05) is 37.1 Å². The Morgan fingerprint density at radius 2 is 1.90 bits per heavy atom. The fourth-order valence-electron chi connectivity index (χ4n) is 4.82. The van der Waals surface area contributed by atoms with E-state index in [0.29, 0.717) is 16.8 Å². The van der Waals surface area contributed by atoms with Crippen molar-refractivity contribution in [2.75, 3.05) is 31.1 Å². The number of fused-ring (bicyclic) bond motifs is 1.